The first-order valence-electron chi connectivity index (χ1n) is 8.58. The molecule has 25 heavy (non-hydrogen) atoms. The lowest BCUT2D eigenvalue weighted by Crippen LogP contribution is -2.22. The first-order chi connectivity index (χ1) is 12.0. The van der Waals surface area contributed by atoms with E-state index in [0.29, 0.717) is 5.89 Å². The summed E-state index contributed by atoms with van der Waals surface area (Å²) in [7, 11) is 3.76. The minimum absolute atomic E-state index is 0.0616. The van der Waals surface area contributed by atoms with Gasteiger partial charge in [0.05, 0.1) is 13.2 Å². The molecule has 2 aromatic carbocycles. The van der Waals surface area contributed by atoms with Crippen LogP contribution in [0.25, 0.3) is 10.8 Å². The summed E-state index contributed by atoms with van der Waals surface area (Å²) in [4.78, 5) is 6.72. The first kappa shape index (κ1) is 17.4. The molecule has 0 spiro atoms. The Balaban J connectivity index is 1.75. The molecule has 0 N–H and O–H groups in total. The highest BCUT2D eigenvalue weighted by atomic mass is 16.5. The van der Waals surface area contributed by atoms with E-state index in [-0.39, 0.29) is 12.0 Å². The van der Waals surface area contributed by atoms with Crippen LogP contribution in [0.4, 0.5) is 0 Å². The minimum Gasteiger partial charge on any atom is -0.497 e. The number of benzene rings is 2. The SMILES string of the molecule is COc1ccc2cc(CN(C)C(C)c3nc(C(C)C)no3)ccc2c1. The maximum atomic E-state index is 5.43. The summed E-state index contributed by atoms with van der Waals surface area (Å²) in [6.45, 7) is 7.02. The molecule has 0 saturated carbocycles. The van der Waals surface area contributed by atoms with E-state index in [0.717, 1.165) is 18.1 Å². The molecule has 0 aliphatic rings. The molecule has 1 atom stereocenters. The topological polar surface area (TPSA) is 51.4 Å². The molecular formula is C20H25N3O2. The number of fused-ring (bicyclic) bond motifs is 1. The molecule has 0 aliphatic heterocycles. The predicted octanol–water partition coefficient (Wildman–Crippen LogP) is 4.55. The highest BCUT2D eigenvalue weighted by molar-refractivity contribution is 5.84. The van der Waals surface area contributed by atoms with Crippen LogP contribution in [-0.4, -0.2) is 29.2 Å². The van der Waals surface area contributed by atoms with Crippen LogP contribution in [0, 0.1) is 0 Å². The lowest BCUT2D eigenvalue weighted by atomic mass is 10.1. The number of rotatable bonds is 6. The Labute approximate surface area is 148 Å². The molecule has 3 aromatic rings. The van der Waals surface area contributed by atoms with Crippen molar-refractivity contribution >= 4 is 10.8 Å². The number of nitrogens with zero attached hydrogens (tertiary/aromatic N) is 3. The summed E-state index contributed by atoms with van der Waals surface area (Å²) in [5.74, 6) is 2.57. The van der Waals surface area contributed by atoms with Crippen molar-refractivity contribution in [1.29, 1.82) is 0 Å². The van der Waals surface area contributed by atoms with E-state index >= 15 is 0 Å². The lowest BCUT2D eigenvalue weighted by Gasteiger charge is -2.21. The fraction of sp³-hybridized carbons (Fsp3) is 0.400. The van der Waals surface area contributed by atoms with E-state index in [1.165, 1.54) is 16.3 Å². The smallest absolute Gasteiger partial charge is 0.243 e. The van der Waals surface area contributed by atoms with Gasteiger partial charge in [0.1, 0.15) is 5.75 Å². The normalized spacial score (nSPS) is 12.9. The molecule has 132 valence electrons. The van der Waals surface area contributed by atoms with E-state index in [1.54, 1.807) is 7.11 Å². The molecule has 0 amide bonds. The Hall–Kier alpha value is -2.40. The molecular weight excluding hydrogens is 314 g/mol. The van der Waals surface area contributed by atoms with E-state index in [9.17, 15) is 0 Å². The Morgan fingerprint density at radius 1 is 1.08 bits per heavy atom. The zero-order valence-corrected chi connectivity index (χ0v) is 15.5. The predicted molar refractivity (Wildman–Crippen MR) is 98.8 cm³/mol. The van der Waals surface area contributed by atoms with Gasteiger partial charge >= 0.3 is 0 Å². The number of hydrogen-bond acceptors (Lipinski definition) is 5. The molecule has 0 aliphatic carbocycles. The lowest BCUT2D eigenvalue weighted by molar-refractivity contribution is 0.202. The molecule has 1 unspecified atom stereocenters. The third-order valence-electron chi connectivity index (χ3n) is 4.54. The average molecular weight is 339 g/mol. The van der Waals surface area contributed by atoms with Crippen molar-refractivity contribution < 1.29 is 9.26 Å². The van der Waals surface area contributed by atoms with E-state index in [2.05, 4.69) is 73.2 Å². The van der Waals surface area contributed by atoms with Crippen molar-refractivity contribution in [2.45, 2.75) is 39.3 Å². The number of hydrogen-bond donors (Lipinski definition) is 0. The molecule has 5 nitrogen and oxygen atoms in total. The minimum atomic E-state index is 0.0616. The summed E-state index contributed by atoms with van der Waals surface area (Å²) in [5.41, 5.74) is 1.25. The van der Waals surface area contributed by atoms with Crippen LogP contribution in [-0.2, 0) is 6.54 Å². The maximum absolute atomic E-state index is 5.43. The second kappa shape index (κ2) is 7.23. The summed E-state index contributed by atoms with van der Waals surface area (Å²) >= 11 is 0. The van der Waals surface area contributed by atoms with Crippen LogP contribution in [0.2, 0.25) is 0 Å². The van der Waals surface area contributed by atoms with Gasteiger partial charge in [0.15, 0.2) is 5.82 Å². The molecule has 0 radical (unpaired) electrons. The highest BCUT2D eigenvalue weighted by Crippen LogP contribution is 2.25. The molecule has 0 bridgehead atoms. The van der Waals surface area contributed by atoms with Gasteiger partial charge in [0.25, 0.3) is 0 Å². The van der Waals surface area contributed by atoms with Crippen LogP contribution >= 0.6 is 0 Å². The van der Waals surface area contributed by atoms with E-state index < -0.39 is 0 Å². The molecule has 1 heterocycles. The number of aromatic nitrogens is 2. The number of ether oxygens (including phenoxy) is 1. The van der Waals surface area contributed by atoms with Crippen molar-refractivity contribution in [3.8, 4) is 5.75 Å². The highest BCUT2D eigenvalue weighted by Gasteiger charge is 2.20. The van der Waals surface area contributed by atoms with E-state index in [4.69, 9.17) is 9.26 Å². The first-order valence-corrected chi connectivity index (χ1v) is 8.58. The van der Waals surface area contributed by atoms with E-state index in [1.807, 2.05) is 6.07 Å². The molecule has 0 fully saturated rings. The Morgan fingerprint density at radius 2 is 1.80 bits per heavy atom. The average Bonchev–Trinajstić information content (AvgIpc) is 3.11. The van der Waals surface area contributed by atoms with Gasteiger partial charge in [-0.05, 0) is 48.5 Å². The van der Waals surface area contributed by atoms with Crippen molar-refractivity contribution in [2.24, 2.45) is 0 Å². The fourth-order valence-electron chi connectivity index (χ4n) is 2.76. The van der Waals surface area contributed by atoms with Crippen LogP contribution in [0.3, 0.4) is 0 Å². The van der Waals surface area contributed by atoms with Gasteiger partial charge in [-0.2, -0.15) is 4.98 Å². The quantitative estimate of drug-likeness (QED) is 0.659. The summed E-state index contributed by atoms with van der Waals surface area (Å²) in [6, 6.07) is 12.7. The zero-order valence-electron chi connectivity index (χ0n) is 15.5. The van der Waals surface area contributed by atoms with Crippen molar-refractivity contribution in [1.82, 2.24) is 15.0 Å². The Kier molecular flexibility index (Phi) is 5.04. The second-order valence-corrected chi connectivity index (χ2v) is 6.78. The van der Waals surface area contributed by atoms with Crippen LogP contribution in [0.15, 0.2) is 40.9 Å². The van der Waals surface area contributed by atoms with Gasteiger partial charge in [-0.1, -0.05) is 37.2 Å². The summed E-state index contributed by atoms with van der Waals surface area (Å²) in [5, 5.41) is 6.44. The molecule has 5 heteroatoms. The standard InChI is InChI=1S/C20H25N3O2/c1-13(2)19-21-20(25-22-19)14(3)23(4)12-15-6-7-17-11-18(24-5)9-8-16(17)10-15/h6-11,13-14H,12H2,1-5H3. The van der Waals surface area contributed by atoms with Gasteiger partial charge in [-0.25, -0.2) is 0 Å². The van der Waals surface area contributed by atoms with Crippen molar-refractivity contribution in [2.75, 3.05) is 14.2 Å². The van der Waals surface area contributed by atoms with Crippen molar-refractivity contribution in [3.05, 3.63) is 53.7 Å². The van der Waals surface area contributed by atoms with Gasteiger partial charge in [0.2, 0.25) is 5.89 Å². The van der Waals surface area contributed by atoms with Crippen LogP contribution in [0.1, 0.15) is 50.0 Å². The largest absolute Gasteiger partial charge is 0.497 e. The molecule has 1 aromatic heterocycles. The zero-order chi connectivity index (χ0) is 18.0. The number of methoxy groups -OCH3 is 1. The Bertz CT molecular complexity index is 857. The van der Waals surface area contributed by atoms with Crippen LogP contribution in [0.5, 0.6) is 5.75 Å². The third kappa shape index (κ3) is 3.82. The summed E-state index contributed by atoms with van der Waals surface area (Å²) < 4.78 is 10.7. The monoisotopic (exact) mass is 339 g/mol. The van der Waals surface area contributed by atoms with Crippen LogP contribution < -0.4 is 4.74 Å². The van der Waals surface area contributed by atoms with Gasteiger partial charge in [-0.3, -0.25) is 4.90 Å². The van der Waals surface area contributed by atoms with Gasteiger partial charge in [0, 0.05) is 12.5 Å². The van der Waals surface area contributed by atoms with Crippen molar-refractivity contribution in [3.63, 3.8) is 0 Å². The summed E-state index contributed by atoms with van der Waals surface area (Å²) in [6.07, 6.45) is 0. The fourth-order valence-corrected chi connectivity index (χ4v) is 2.76. The van der Waals surface area contributed by atoms with Gasteiger partial charge in [-0.15, -0.1) is 0 Å². The van der Waals surface area contributed by atoms with Gasteiger partial charge < -0.3 is 9.26 Å². The second-order valence-electron chi connectivity index (χ2n) is 6.78. The Morgan fingerprint density at radius 3 is 2.48 bits per heavy atom. The third-order valence-corrected chi connectivity index (χ3v) is 4.54. The molecule has 0 saturated heterocycles. The molecule has 3 rings (SSSR count). The maximum Gasteiger partial charge on any atom is 0.243 e.